The maximum Gasteiger partial charge on any atom is 0.347 e. The van der Waals surface area contributed by atoms with Gasteiger partial charge in [0.25, 0.3) is 0 Å². The van der Waals surface area contributed by atoms with Crippen LogP contribution in [0.5, 0.6) is 0 Å². The smallest absolute Gasteiger partial charge is 0.347 e. The summed E-state index contributed by atoms with van der Waals surface area (Å²) >= 11 is 0. The summed E-state index contributed by atoms with van der Waals surface area (Å²) in [6.07, 6.45) is -1.73. The van der Waals surface area contributed by atoms with Gasteiger partial charge >= 0.3 is 17.9 Å². The Bertz CT molecular complexity index is 318. The molecule has 3 atom stereocenters. The number of methoxy groups -OCH3 is 1. The van der Waals surface area contributed by atoms with Crippen LogP contribution in [0.2, 0.25) is 0 Å². The third-order valence-electron chi connectivity index (χ3n) is 2.29. The Labute approximate surface area is 145 Å². The molecule has 0 rings (SSSR count). The minimum Gasteiger partial charge on any atom is -0.466 e. The minimum atomic E-state index is -1.07. The number of carbonyl (C=O) groups is 3. The Hall–Kier alpha value is -0.486. The summed E-state index contributed by atoms with van der Waals surface area (Å²) in [5.74, 6) is -2.39. The van der Waals surface area contributed by atoms with Gasteiger partial charge in [-0.2, -0.15) is 6.42 Å². The van der Waals surface area contributed by atoms with Gasteiger partial charge in [0.2, 0.25) is 0 Å². The maximum absolute atomic E-state index is 11.5. The molecule has 0 aromatic rings. The van der Waals surface area contributed by atoms with Crippen LogP contribution in [-0.2, 0) is 61.3 Å². The van der Waals surface area contributed by atoms with Crippen LogP contribution in [0, 0.1) is 20.3 Å². The molecule has 0 saturated heterocycles. The Kier molecular flexibility index (Phi) is 15.0. The van der Waals surface area contributed by atoms with Crippen molar-refractivity contribution in [1.29, 1.82) is 0 Å². The summed E-state index contributed by atoms with van der Waals surface area (Å²) in [6, 6.07) is 0. The van der Waals surface area contributed by atoms with Gasteiger partial charge in [0.15, 0.2) is 12.2 Å². The van der Waals surface area contributed by atoms with E-state index in [4.69, 9.17) is 9.47 Å². The van der Waals surface area contributed by atoms with Crippen LogP contribution in [0.4, 0.5) is 0 Å². The van der Waals surface area contributed by atoms with E-state index in [-0.39, 0.29) is 40.1 Å². The number of carbonyl (C=O) groups excluding carboxylic acids is 3. The van der Waals surface area contributed by atoms with Gasteiger partial charge in [-0.25, -0.2) is 9.59 Å². The molecular weight excluding hydrogens is 341 g/mol. The molecular formula is C13H22O6Y-2. The largest absolute Gasteiger partial charge is 0.466 e. The van der Waals surface area contributed by atoms with Gasteiger partial charge in [-0.05, 0) is 13.8 Å². The molecule has 0 heterocycles. The van der Waals surface area contributed by atoms with E-state index in [1.807, 2.05) is 0 Å². The molecule has 1 unspecified atom stereocenters. The Morgan fingerprint density at radius 1 is 0.950 bits per heavy atom. The van der Waals surface area contributed by atoms with Crippen molar-refractivity contribution >= 4 is 17.9 Å². The van der Waals surface area contributed by atoms with E-state index in [9.17, 15) is 14.4 Å². The molecule has 0 spiro atoms. The quantitative estimate of drug-likeness (QED) is 0.403. The number of esters is 3. The molecule has 115 valence electrons. The normalized spacial score (nSPS) is 13.7. The molecule has 0 bridgehead atoms. The van der Waals surface area contributed by atoms with Gasteiger partial charge in [0, 0.05) is 38.6 Å². The first-order valence-corrected chi connectivity index (χ1v) is 5.61. The summed E-state index contributed by atoms with van der Waals surface area (Å²) in [5, 5.41) is 0. The summed E-state index contributed by atoms with van der Waals surface area (Å²) < 4.78 is 14.0. The Balaban J connectivity index is -0.00000144. The van der Waals surface area contributed by atoms with Crippen LogP contribution in [0.25, 0.3) is 0 Å². The maximum atomic E-state index is 11.5. The molecule has 0 aliphatic carbocycles. The third-order valence-corrected chi connectivity index (χ3v) is 2.29. The van der Waals surface area contributed by atoms with E-state index >= 15 is 0 Å². The molecule has 6 nitrogen and oxygen atoms in total. The number of hydrogen-bond donors (Lipinski definition) is 0. The van der Waals surface area contributed by atoms with Gasteiger partial charge < -0.3 is 28.6 Å². The topological polar surface area (TPSA) is 78.9 Å². The van der Waals surface area contributed by atoms with Crippen LogP contribution in [0.15, 0.2) is 0 Å². The van der Waals surface area contributed by atoms with Crippen LogP contribution in [0.3, 0.4) is 0 Å². The van der Waals surface area contributed by atoms with Crippen molar-refractivity contribution in [3.8, 4) is 0 Å². The van der Waals surface area contributed by atoms with Crippen molar-refractivity contribution < 1.29 is 61.3 Å². The van der Waals surface area contributed by atoms with Gasteiger partial charge in [0.1, 0.15) is 0 Å². The first-order valence-electron chi connectivity index (χ1n) is 5.61. The number of ether oxygens (including phenoxy) is 3. The second-order valence-corrected chi connectivity index (χ2v) is 3.87. The zero-order valence-electron chi connectivity index (χ0n) is 12.7. The van der Waals surface area contributed by atoms with Crippen molar-refractivity contribution in [3.05, 3.63) is 14.4 Å². The van der Waals surface area contributed by atoms with Crippen molar-refractivity contribution in [2.24, 2.45) is 5.92 Å². The van der Waals surface area contributed by atoms with Gasteiger partial charge in [-0.15, -0.1) is 0 Å². The summed E-state index contributed by atoms with van der Waals surface area (Å²) in [5.41, 5.74) is 0. The third kappa shape index (κ3) is 8.64. The first kappa shape index (κ1) is 24.5. The van der Waals surface area contributed by atoms with Crippen molar-refractivity contribution in [3.63, 3.8) is 0 Å². The Morgan fingerprint density at radius 3 is 1.75 bits per heavy atom. The fourth-order valence-electron chi connectivity index (χ4n) is 0.940. The molecule has 0 aliphatic heterocycles. The number of rotatable bonds is 6. The second-order valence-electron chi connectivity index (χ2n) is 3.87. The van der Waals surface area contributed by atoms with E-state index in [1.165, 1.54) is 21.0 Å². The van der Waals surface area contributed by atoms with E-state index in [0.717, 1.165) is 0 Å². The molecule has 0 aromatic heterocycles. The van der Waals surface area contributed by atoms with E-state index < -0.39 is 36.0 Å². The molecule has 0 N–H and O–H groups in total. The van der Waals surface area contributed by atoms with Crippen molar-refractivity contribution in [2.45, 2.75) is 39.4 Å². The molecule has 0 saturated carbocycles. The monoisotopic (exact) mass is 363 g/mol. The molecule has 0 fully saturated rings. The zero-order chi connectivity index (χ0) is 14.3. The van der Waals surface area contributed by atoms with Crippen molar-refractivity contribution in [1.82, 2.24) is 0 Å². The summed E-state index contributed by atoms with van der Waals surface area (Å²) in [4.78, 5) is 33.9. The van der Waals surface area contributed by atoms with Gasteiger partial charge in [-0.1, -0.05) is 6.92 Å². The van der Waals surface area contributed by atoms with Gasteiger partial charge in [-0.3, -0.25) is 4.79 Å². The van der Waals surface area contributed by atoms with Crippen LogP contribution in [-0.4, -0.2) is 37.2 Å². The van der Waals surface area contributed by atoms with Crippen molar-refractivity contribution in [2.75, 3.05) is 7.11 Å². The second kappa shape index (κ2) is 12.3. The molecule has 0 aliphatic rings. The van der Waals surface area contributed by atoms with Crippen LogP contribution in [0.1, 0.15) is 27.2 Å². The van der Waals surface area contributed by atoms with E-state index in [1.54, 1.807) is 6.92 Å². The number of hydrogen-bond acceptors (Lipinski definition) is 6. The fourth-order valence-corrected chi connectivity index (χ4v) is 0.940. The predicted molar refractivity (Wildman–Crippen MR) is 68.7 cm³/mol. The zero-order valence-corrected chi connectivity index (χ0v) is 15.5. The minimum absolute atomic E-state index is 0. The average molecular weight is 363 g/mol. The van der Waals surface area contributed by atoms with Crippen LogP contribution >= 0.6 is 0 Å². The van der Waals surface area contributed by atoms with E-state index in [0.29, 0.717) is 6.42 Å². The van der Waals surface area contributed by atoms with Crippen LogP contribution < -0.4 is 0 Å². The Morgan fingerprint density at radius 2 is 1.35 bits per heavy atom. The summed E-state index contributed by atoms with van der Waals surface area (Å²) in [7, 11) is 1.19. The molecule has 20 heavy (non-hydrogen) atoms. The molecule has 0 aromatic carbocycles. The van der Waals surface area contributed by atoms with E-state index in [2.05, 4.69) is 11.7 Å². The predicted octanol–water partition coefficient (Wildman–Crippen LogP) is 1.33. The molecule has 0 amide bonds. The summed E-state index contributed by atoms with van der Waals surface area (Å²) in [6.45, 7) is 7.95. The molecule has 1 radical (unpaired) electrons. The van der Waals surface area contributed by atoms with Gasteiger partial charge in [0.05, 0.1) is 7.11 Å². The standard InChI is InChI=1S/C12H19O6.CH3.Y/c1-6-7(2)10(13)17-9(4)12(15)18-8(3)11(14)16-5;;/h7-9H,1,6H2,2-5H3;1H3;/q2*-1;/t7?,8-,9+;;/m0../s1. The fraction of sp³-hybridized carbons (Fsp3) is 0.615. The first-order chi connectivity index (χ1) is 8.33. The average Bonchev–Trinajstić information content (AvgIpc) is 2.35. The SMILES string of the molecule is [CH2-]CC(C)C(=O)O[C@H](C)C(=O)O[C@@H](C)C(=O)OC.[CH3-].[Y]. The molecule has 7 heteroatoms.